The Morgan fingerprint density at radius 3 is 0.857 bits per heavy atom. The van der Waals surface area contributed by atoms with Crippen LogP contribution < -0.4 is 9.47 Å². The van der Waals surface area contributed by atoms with Gasteiger partial charge in [-0.2, -0.15) is 8.75 Å². The lowest BCUT2D eigenvalue weighted by Crippen LogP contribution is -2.12. The molecule has 8 nitrogen and oxygen atoms in total. The van der Waals surface area contributed by atoms with Crippen LogP contribution in [0.4, 0.5) is 0 Å². The van der Waals surface area contributed by atoms with E-state index in [4.69, 9.17) is 29.4 Å². The Labute approximate surface area is 465 Å². The van der Waals surface area contributed by atoms with E-state index in [0.29, 0.717) is 13.2 Å². The van der Waals surface area contributed by atoms with Gasteiger partial charge in [-0.05, 0) is 71.2 Å². The Hall–Kier alpha value is -5.02. The standard InChI is InChI=1S/C68H92N6O2S/c1-9-11-13-15-17-19-21-23-25-27-29-31-33-35-37-75-59-45-55-56(46-60(59)76-38-36-34-32-30-28-26-24-22-20-18-16-14-12-10-2)72-66-52-42-48(68(6,7)8)40-50-62(52)61-49(39-47(67(3,4)5)41-51(61)65(66)71-55)63-64(50)70-54-44-58-57(73-77-74-58)43-53(54)69-63/h39-46H,9-38H2,1-8H3. The van der Waals surface area contributed by atoms with Crippen molar-refractivity contribution in [2.24, 2.45) is 0 Å². The van der Waals surface area contributed by atoms with E-state index in [9.17, 15) is 0 Å². The van der Waals surface area contributed by atoms with E-state index in [1.165, 1.54) is 190 Å². The van der Waals surface area contributed by atoms with Gasteiger partial charge >= 0.3 is 0 Å². The first-order valence-corrected chi connectivity index (χ1v) is 31.6. The van der Waals surface area contributed by atoms with Crippen molar-refractivity contribution in [3.8, 4) is 11.5 Å². The number of aromatic nitrogens is 6. The Morgan fingerprint density at radius 1 is 0.325 bits per heavy atom. The number of ether oxygens (including phenoxy) is 2. The molecule has 9 aromatic rings. The summed E-state index contributed by atoms with van der Waals surface area (Å²) in [4.78, 5) is 22.3. The lowest BCUT2D eigenvalue weighted by atomic mass is 9.80. The predicted octanol–water partition coefficient (Wildman–Crippen LogP) is 21.1. The number of fused-ring (bicyclic) bond motifs is 9. The van der Waals surface area contributed by atoms with Gasteiger partial charge in [0.2, 0.25) is 0 Å². The molecule has 6 aromatic carbocycles. The van der Waals surface area contributed by atoms with E-state index < -0.39 is 0 Å². The Morgan fingerprint density at radius 2 is 0.584 bits per heavy atom. The zero-order valence-corrected chi connectivity index (χ0v) is 49.6. The quantitative estimate of drug-likeness (QED) is 0.0234. The third-order valence-electron chi connectivity index (χ3n) is 16.6. The highest BCUT2D eigenvalue weighted by atomic mass is 32.1. The molecule has 0 bridgehead atoms. The smallest absolute Gasteiger partial charge is 0.163 e. The molecule has 0 N–H and O–H groups in total. The van der Waals surface area contributed by atoms with Crippen molar-refractivity contribution in [1.29, 1.82) is 0 Å². The minimum absolute atomic E-state index is 0.150. The summed E-state index contributed by atoms with van der Waals surface area (Å²) >= 11 is 1.23. The van der Waals surface area contributed by atoms with Crippen LogP contribution in [-0.2, 0) is 10.8 Å². The molecule has 9 rings (SSSR count). The van der Waals surface area contributed by atoms with Gasteiger partial charge in [-0.15, -0.1) is 0 Å². The number of nitrogens with zero attached hydrogens (tertiary/aromatic N) is 6. The summed E-state index contributed by atoms with van der Waals surface area (Å²) in [5.74, 6) is 1.54. The Kier molecular flexibility index (Phi) is 19.7. The molecule has 0 aliphatic rings. The maximum atomic E-state index is 6.74. The van der Waals surface area contributed by atoms with E-state index in [0.717, 1.165) is 112 Å². The van der Waals surface area contributed by atoms with Crippen LogP contribution in [0.5, 0.6) is 11.5 Å². The largest absolute Gasteiger partial charge is 0.490 e. The second-order valence-electron chi connectivity index (χ2n) is 25.0. The van der Waals surface area contributed by atoms with E-state index in [2.05, 4.69) is 101 Å². The molecule has 0 saturated carbocycles. The molecule has 412 valence electrons. The molecular formula is C68H92N6O2S. The fourth-order valence-corrected chi connectivity index (χ4v) is 12.3. The highest BCUT2D eigenvalue weighted by Gasteiger charge is 2.27. The summed E-state index contributed by atoms with van der Waals surface area (Å²) in [6, 6.07) is 17.8. The van der Waals surface area contributed by atoms with Crippen molar-refractivity contribution in [3.63, 3.8) is 0 Å². The van der Waals surface area contributed by atoms with Crippen molar-refractivity contribution in [3.05, 3.63) is 59.7 Å². The van der Waals surface area contributed by atoms with Gasteiger partial charge in [-0.25, -0.2) is 19.9 Å². The molecule has 0 amide bonds. The molecule has 3 aromatic heterocycles. The van der Waals surface area contributed by atoms with Crippen LogP contribution in [0.1, 0.15) is 246 Å². The summed E-state index contributed by atoms with van der Waals surface area (Å²) < 4.78 is 22.6. The first kappa shape index (κ1) is 56.7. The monoisotopic (exact) mass is 1060 g/mol. The van der Waals surface area contributed by atoms with Crippen molar-refractivity contribution in [1.82, 2.24) is 28.7 Å². The number of benzene rings is 6. The molecule has 0 aliphatic heterocycles. The average molecular weight is 1060 g/mol. The minimum atomic E-state index is -0.150. The number of hydrogen-bond acceptors (Lipinski definition) is 9. The number of hydrogen-bond donors (Lipinski definition) is 0. The van der Waals surface area contributed by atoms with Crippen LogP contribution in [0, 0.1) is 0 Å². The number of rotatable bonds is 32. The van der Waals surface area contributed by atoms with Crippen molar-refractivity contribution in [2.45, 2.75) is 246 Å². The molecule has 3 heterocycles. The van der Waals surface area contributed by atoms with E-state index >= 15 is 0 Å². The summed E-state index contributed by atoms with van der Waals surface area (Å²) in [7, 11) is 0. The van der Waals surface area contributed by atoms with Gasteiger partial charge in [0.25, 0.3) is 0 Å². The SMILES string of the molecule is CCCCCCCCCCCCCCCCOc1cc2nc3c4cc(C(C)(C)C)cc5c6nc7cc8nsnc8cc7nc6c6cc(C(C)(C)C)cc(c3nc2cc1OCCCCCCCCCCCCCCCC)c6c45. The molecule has 9 heteroatoms. The molecule has 0 fully saturated rings. The van der Waals surface area contributed by atoms with E-state index in [-0.39, 0.29) is 10.8 Å². The summed E-state index contributed by atoms with van der Waals surface area (Å²) in [6.45, 7) is 19.6. The van der Waals surface area contributed by atoms with Crippen LogP contribution in [0.3, 0.4) is 0 Å². The third-order valence-corrected chi connectivity index (χ3v) is 17.1. The fourth-order valence-electron chi connectivity index (χ4n) is 11.8. The van der Waals surface area contributed by atoms with E-state index in [1.807, 2.05) is 12.1 Å². The summed E-state index contributed by atoms with van der Waals surface area (Å²) in [5.41, 5.74) is 10.7. The molecule has 0 unspecified atom stereocenters. The molecule has 0 saturated heterocycles. The zero-order chi connectivity index (χ0) is 53.8. The van der Waals surface area contributed by atoms with Crippen molar-refractivity contribution in [2.75, 3.05) is 13.2 Å². The first-order valence-electron chi connectivity index (χ1n) is 30.9. The van der Waals surface area contributed by atoms with Gasteiger partial charge in [-0.3, -0.25) is 0 Å². The van der Waals surface area contributed by atoms with Gasteiger partial charge in [0.1, 0.15) is 11.0 Å². The lowest BCUT2D eigenvalue weighted by Gasteiger charge is -2.25. The topological polar surface area (TPSA) is 95.8 Å². The second-order valence-corrected chi connectivity index (χ2v) is 25.5. The maximum absolute atomic E-state index is 6.74. The third kappa shape index (κ3) is 14.1. The van der Waals surface area contributed by atoms with Crippen LogP contribution in [0.2, 0.25) is 0 Å². The molecule has 77 heavy (non-hydrogen) atoms. The molecular weight excluding hydrogens is 965 g/mol. The predicted molar refractivity (Wildman–Crippen MR) is 331 cm³/mol. The Bertz CT molecular complexity index is 3130. The van der Waals surface area contributed by atoms with Crippen molar-refractivity contribution < 1.29 is 9.47 Å². The molecule has 0 aliphatic carbocycles. The lowest BCUT2D eigenvalue weighted by molar-refractivity contribution is 0.259. The average Bonchev–Trinajstić information content (AvgIpc) is 3.98. The highest BCUT2D eigenvalue weighted by molar-refractivity contribution is 7.00. The number of unbranched alkanes of at least 4 members (excludes halogenated alkanes) is 26. The normalized spacial score (nSPS) is 12.7. The van der Waals surface area contributed by atoms with Gasteiger partial charge in [0, 0.05) is 44.5 Å². The molecule has 0 radical (unpaired) electrons. The first-order chi connectivity index (χ1) is 37.4. The van der Waals surface area contributed by atoms with Crippen molar-refractivity contribution >= 4 is 99.2 Å². The van der Waals surface area contributed by atoms with Crippen LogP contribution in [-0.4, -0.2) is 41.9 Å². The minimum Gasteiger partial charge on any atom is -0.490 e. The van der Waals surface area contributed by atoms with Crippen LogP contribution >= 0.6 is 11.7 Å². The van der Waals surface area contributed by atoms with Gasteiger partial charge in [-0.1, -0.05) is 222 Å². The Balaban J connectivity index is 1.00. The molecule has 0 atom stereocenters. The summed E-state index contributed by atoms with van der Waals surface area (Å²) in [5, 5.41) is 6.66. The van der Waals surface area contributed by atoms with Crippen LogP contribution in [0.15, 0.2) is 48.5 Å². The molecule has 0 spiro atoms. The highest BCUT2D eigenvalue weighted by Crippen LogP contribution is 2.47. The zero-order valence-electron chi connectivity index (χ0n) is 48.7. The van der Waals surface area contributed by atoms with Gasteiger partial charge in [0.05, 0.1) is 69.1 Å². The van der Waals surface area contributed by atoms with Gasteiger partial charge in [0.15, 0.2) is 11.5 Å². The van der Waals surface area contributed by atoms with Crippen LogP contribution in [0.25, 0.3) is 87.5 Å². The van der Waals surface area contributed by atoms with Gasteiger partial charge < -0.3 is 9.47 Å². The summed E-state index contributed by atoms with van der Waals surface area (Å²) in [6.07, 6.45) is 37.3. The fraction of sp³-hybridized carbons (Fsp3) is 0.588. The maximum Gasteiger partial charge on any atom is 0.163 e. The second kappa shape index (κ2) is 26.8. The van der Waals surface area contributed by atoms with E-state index in [1.54, 1.807) is 0 Å².